The molecular formula is C13H14N4O3. The predicted molar refractivity (Wildman–Crippen MR) is 73.7 cm³/mol. The average Bonchev–Trinajstić information content (AvgIpc) is 2.65. The molecule has 0 radical (unpaired) electrons. The summed E-state index contributed by atoms with van der Waals surface area (Å²) in [5, 5.41) is 17.6. The van der Waals surface area contributed by atoms with Gasteiger partial charge in [-0.15, -0.1) is 0 Å². The zero-order valence-corrected chi connectivity index (χ0v) is 11.4. The number of carbonyl (C=O) groups is 1. The van der Waals surface area contributed by atoms with Gasteiger partial charge < -0.3 is 5.32 Å². The molecule has 2 rings (SSSR count). The Morgan fingerprint density at radius 3 is 2.65 bits per heavy atom. The SMILES string of the molecule is Cc1nn(C)c(C)c1NC(=O)c1cccc([N+](=O)[O-])c1. The fourth-order valence-corrected chi connectivity index (χ4v) is 1.90. The second-order valence-corrected chi connectivity index (χ2v) is 4.43. The van der Waals surface area contributed by atoms with Crippen LogP contribution in [0.15, 0.2) is 24.3 Å². The Kier molecular flexibility index (Phi) is 3.51. The highest BCUT2D eigenvalue weighted by Crippen LogP contribution is 2.20. The van der Waals surface area contributed by atoms with Crippen LogP contribution in [0.2, 0.25) is 0 Å². The van der Waals surface area contributed by atoms with E-state index in [0.717, 1.165) is 5.69 Å². The maximum Gasteiger partial charge on any atom is 0.270 e. The third-order valence-electron chi connectivity index (χ3n) is 3.07. The van der Waals surface area contributed by atoms with Gasteiger partial charge in [0.05, 0.1) is 22.0 Å². The van der Waals surface area contributed by atoms with E-state index in [4.69, 9.17) is 0 Å². The van der Waals surface area contributed by atoms with Crippen molar-refractivity contribution >= 4 is 17.3 Å². The van der Waals surface area contributed by atoms with Gasteiger partial charge in [0, 0.05) is 24.7 Å². The molecular weight excluding hydrogens is 260 g/mol. The minimum atomic E-state index is -0.530. The number of amides is 1. The van der Waals surface area contributed by atoms with E-state index in [0.29, 0.717) is 11.4 Å². The smallest absolute Gasteiger partial charge is 0.270 e. The number of rotatable bonds is 3. The molecule has 1 amide bonds. The van der Waals surface area contributed by atoms with Crippen molar-refractivity contribution in [3.63, 3.8) is 0 Å². The van der Waals surface area contributed by atoms with Crippen LogP contribution < -0.4 is 5.32 Å². The molecule has 0 fully saturated rings. The molecule has 0 bridgehead atoms. The Morgan fingerprint density at radius 2 is 2.10 bits per heavy atom. The maximum atomic E-state index is 12.1. The molecule has 2 aromatic rings. The van der Waals surface area contributed by atoms with Crippen molar-refractivity contribution in [1.82, 2.24) is 9.78 Å². The van der Waals surface area contributed by atoms with Crippen LogP contribution in [0.3, 0.4) is 0 Å². The second-order valence-electron chi connectivity index (χ2n) is 4.43. The van der Waals surface area contributed by atoms with Gasteiger partial charge in [-0.25, -0.2) is 0 Å². The van der Waals surface area contributed by atoms with E-state index in [9.17, 15) is 14.9 Å². The van der Waals surface area contributed by atoms with E-state index in [2.05, 4.69) is 10.4 Å². The van der Waals surface area contributed by atoms with Gasteiger partial charge in [-0.05, 0) is 19.9 Å². The van der Waals surface area contributed by atoms with Crippen molar-refractivity contribution in [2.24, 2.45) is 7.05 Å². The molecule has 1 N–H and O–H groups in total. The number of aryl methyl sites for hydroxylation is 2. The average molecular weight is 274 g/mol. The highest BCUT2D eigenvalue weighted by Gasteiger charge is 2.15. The Balaban J connectivity index is 2.28. The first kappa shape index (κ1) is 13.7. The number of nitrogens with one attached hydrogen (secondary N) is 1. The van der Waals surface area contributed by atoms with E-state index >= 15 is 0 Å². The molecule has 0 aliphatic rings. The quantitative estimate of drug-likeness (QED) is 0.686. The van der Waals surface area contributed by atoms with Crippen LogP contribution in [0.1, 0.15) is 21.7 Å². The third-order valence-corrected chi connectivity index (χ3v) is 3.07. The minimum Gasteiger partial charge on any atom is -0.319 e. The van der Waals surface area contributed by atoms with Gasteiger partial charge >= 0.3 is 0 Å². The van der Waals surface area contributed by atoms with Gasteiger partial charge in [0.1, 0.15) is 0 Å². The standard InChI is InChI=1S/C13H14N4O3/c1-8-12(9(2)16(3)15-8)14-13(18)10-5-4-6-11(7-10)17(19)20/h4-7H,1-3H3,(H,14,18). The lowest BCUT2D eigenvalue weighted by Gasteiger charge is -2.05. The van der Waals surface area contributed by atoms with E-state index < -0.39 is 10.8 Å². The molecule has 7 nitrogen and oxygen atoms in total. The lowest BCUT2D eigenvalue weighted by Crippen LogP contribution is -2.13. The number of hydrogen-bond donors (Lipinski definition) is 1. The molecule has 0 aliphatic heterocycles. The Morgan fingerprint density at radius 1 is 1.40 bits per heavy atom. The van der Waals surface area contributed by atoms with Crippen molar-refractivity contribution in [2.75, 3.05) is 5.32 Å². The van der Waals surface area contributed by atoms with E-state index in [1.54, 1.807) is 18.7 Å². The van der Waals surface area contributed by atoms with Crippen molar-refractivity contribution < 1.29 is 9.72 Å². The van der Waals surface area contributed by atoms with Crippen LogP contribution in [-0.2, 0) is 7.05 Å². The lowest BCUT2D eigenvalue weighted by molar-refractivity contribution is -0.384. The number of aromatic nitrogens is 2. The first-order valence-corrected chi connectivity index (χ1v) is 5.96. The van der Waals surface area contributed by atoms with Crippen molar-refractivity contribution in [1.29, 1.82) is 0 Å². The largest absolute Gasteiger partial charge is 0.319 e. The molecule has 1 aromatic heterocycles. The molecule has 0 spiro atoms. The van der Waals surface area contributed by atoms with Gasteiger partial charge in [0.25, 0.3) is 11.6 Å². The molecule has 20 heavy (non-hydrogen) atoms. The summed E-state index contributed by atoms with van der Waals surface area (Å²) in [5.41, 5.74) is 2.27. The number of nitro benzene ring substituents is 1. The number of nitro groups is 1. The molecule has 104 valence electrons. The van der Waals surface area contributed by atoms with E-state index in [1.165, 1.54) is 24.3 Å². The summed E-state index contributed by atoms with van der Waals surface area (Å²) in [5.74, 6) is -0.395. The molecule has 0 saturated heterocycles. The normalized spacial score (nSPS) is 10.3. The predicted octanol–water partition coefficient (Wildman–Crippen LogP) is 2.20. The number of non-ortho nitro benzene ring substituents is 1. The summed E-state index contributed by atoms with van der Waals surface area (Å²) in [6.45, 7) is 3.62. The summed E-state index contributed by atoms with van der Waals surface area (Å²) >= 11 is 0. The van der Waals surface area contributed by atoms with Crippen LogP contribution in [0, 0.1) is 24.0 Å². The van der Waals surface area contributed by atoms with Crippen LogP contribution in [0.5, 0.6) is 0 Å². The summed E-state index contributed by atoms with van der Waals surface area (Å²) < 4.78 is 1.67. The van der Waals surface area contributed by atoms with Crippen LogP contribution in [0.4, 0.5) is 11.4 Å². The lowest BCUT2D eigenvalue weighted by atomic mass is 10.2. The topological polar surface area (TPSA) is 90.1 Å². The molecule has 7 heteroatoms. The Hall–Kier alpha value is -2.70. The molecule has 1 aromatic carbocycles. The monoisotopic (exact) mass is 274 g/mol. The fourth-order valence-electron chi connectivity index (χ4n) is 1.90. The number of anilines is 1. The molecule has 0 unspecified atom stereocenters. The molecule has 0 atom stereocenters. The van der Waals surface area contributed by atoms with Crippen LogP contribution in [0.25, 0.3) is 0 Å². The minimum absolute atomic E-state index is 0.114. The first-order valence-electron chi connectivity index (χ1n) is 5.96. The van der Waals surface area contributed by atoms with Crippen LogP contribution in [-0.4, -0.2) is 20.6 Å². The number of hydrogen-bond acceptors (Lipinski definition) is 4. The number of benzene rings is 1. The maximum absolute atomic E-state index is 12.1. The van der Waals surface area contributed by atoms with Crippen molar-refractivity contribution in [2.45, 2.75) is 13.8 Å². The Bertz CT molecular complexity index is 691. The Labute approximate surface area is 115 Å². The molecule has 0 aliphatic carbocycles. The van der Waals surface area contributed by atoms with Crippen LogP contribution >= 0.6 is 0 Å². The second kappa shape index (κ2) is 5.12. The van der Waals surface area contributed by atoms with Gasteiger partial charge in [0.15, 0.2) is 0 Å². The van der Waals surface area contributed by atoms with E-state index in [-0.39, 0.29) is 11.3 Å². The number of nitrogens with zero attached hydrogens (tertiary/aromatic N) is 3. The molecule has 0 saturated carbocycles. The zero-order chi connectivity index (χ0) is 14.9. The highest BCUT2D eigenvalue weighted by atomic mass is 16.6. The fraction of sp³-hybridized carbons (Fsp3) is 0.231. The number of carbonyl (C=O) groups excluding carboxylic acids is 1. The van der Waals surface area contributed by atoms with Gasteiger partial charge in [-0.1, -0.05) is 6.07 Å². The molecule has 1 heterocycles. The van der Waals surface area contributed by atoms with Gasteiger partial charge in [-0.2, -0.15) is 5.10 Å². The zero-order valence-electron chi connectivity index (χ0n) is 11.4. The van der Waals surface area contributed by atoms with Crippen molar-refractivity contribution in [3.8, 4) is 0 Å². The first-order chi connectivity index (χ1) is 9.40. The highest BCUT2D eigenvalue weighted by molar-refractivity contribution is 6.05. The summed E-state index contributed by atoms with van der Waals surface area (Å²) in [6.07, 6.45) is 0. The summed E-state index contributed by atoms with van der Waals surface area (Å²) in [4.78, 5) is 22.3. The van der Waals surface area contributed by atoms with E-state index in [1.807, 2.05) is 6.92 Å². The van der Waals surface area contributed by atoms with Crippen molar-refractivity contribution in [3.05, 3.63) is 51.3 Å². The summed E-state index contributed by atoms with van der Waals surface area (Å²) in [7, 11) is 1.78. The third kappa shape index (κ3) is 2.51. The summed E-state index contributed by atoms with van der Waals surface area (Å²) in [6, 6.07) is 5.60. The van der Waals surface area contributed by atoms with Gasteiger partial charge in [-0.3, -0.25) is 19.6 Å². The van der Waals surface area contributed by atoms with Gasteiger partial charge in [0.2, 0.25) is 0 Å².